The van der Waals surface area contributed by atoms with Gasteiger partial charge in [0.1, 0.15) is 0 Å². The van der Waals surface area contributed by atoms with Gasteiger partial charge in [-0.15, -0.1) is 0 Å². The predicted octanol–water partition coefficient (Wildman–Crippen LogP) is 4.31. The lowest BCUT2D eigenvalue weighted by Crippen LogP contribution is -2.12. The molecule has 0 spiro atoms. The zero-order valence-electron chi connectivity index (χ0n) is 11.0. The number of carboxylic acids is 1. The molecule has 3 rings (SSSR count). The van der Waals surface area contributed by atoms with Crippen LogP contribution in [0.5, 0.6) is 0 Å². The molecule has 2 aromatic rings. The second kappa shape index (κ2) is 5.82. The number of halogens is 1. The molecule has 1 aromatic heterocycles. The summed E-state index contributed by atoms with van der Waals surface area (Å²) in [7, 11) is 0. The molecule has 0 saturated carbocycles. The Balaban J connectivity index is 1.97. The number of thioether (sulfide) groups is 1. The van der Waals surface area contributed by atoms with Crippen LogP contribution >= 0.6 is 27.7 Å². The quantitative estimate of drug-likeness (QED) is 0.863. The molecule has 0 amide bonds. The molecule has 1 aliphatic heterocycles. The molecule has 2 heterocycles. The van der Waals surface area contributed by atoms with Crippen molar-refractivity contribution in [3.63, 3.8) is 0 Å². The second-order valence-electron chi connectivity index (χ2n) is 5.28. The zero-order valence-corrected chi connectivity index (χ0v) is 13.4. The highest BCUT2D eigenvalue weighted by Crippen LogP contribution is 2.31. The Kier molecular flexibility index (Phi) is 4.08. The fraction of sp³-hybridized carbons (Fsp3) is 0.400. The minimum Gasteiger partial charge on any atom is -0.478 e. The van der Waals surface area contributed by atoms with E-state index in [-0.39, 0.29) is 0 Å². The first-order chi connectivity index (χ1) is 9.65. The fourth-order valence-electron chi connectivity index (χ4n) is 2.87. The number of benzene rings is 1. The third-order valence-corrected chi connectivity index (χ3v) is 5.58. The fourth-order valence-corrected chi connectivity index (χ4v) is 4.48. The topological polar surface area (TPSA) is 53.1 Å². The highest BCUT2D eigenvalue weighted by Gasteiger charge is 2.18. The van der Waals surface area contributed by atoms with Gasteiger partial charge in [-0.25, -0.2) is 4.79 Å². The Hall–Kier alpha value is -0.940. The molecule has 106 valence electrons. The van der Waals surface area contributed by atoms with Gasteiger partial charge < -0.3 is 10.1 Å². The summed E-state index contributed by atoms with van der Waals surface area (Å²) in [5.41, 5.74) is 2.30. The summed E-state index contributed by atoms with van der Waals surface area (Å²) in [6.07, 6.45) is 5.58. The summed E-state index contributed by atoms with van der Waals surface area (Å²) in [4.78, 5) is 14.5. The van der Waals surface area contributed by atoms with Crippen molar-refractivity contribution >= 4 is 44.6 Å². The van der Waals surface area contributed by atoms with Crippen LogP contribution in [0.4, 0.5) is 0 Å². The van der Waals surface area contributed by atoms with Crippen LogP contribution in [0, 0.1) is 5.92 Å². The number of fused-ring (bicyclic) bond motifs is 1. The smallest absolute Gasteiger partial charge is 0.337 e. The summed E-state index contributed by atoms with van der Waals surface area (Å²) in [5.74, 6) is 2.31. The zero-order chi connectivity index (χ0) is 14.1. The summed E-state index contributed by atoms with van der Waals surface area (Å²) in [6, 6.07) is 3.67. The average molecular weight is 354 g/mol. The van der Waals surface area contributed by atoms with Gasteiger partial charge in [-0.1, -0.05) is 15.9 Å². The van der Waals surface area contributed by atoms with Gasteiger partial charge >= 0.3 is 5.97 Å². The molecule has 0 radical (unpaired) electrons. The van der Waals surface area contributed by atoms with Crippen molar-refractivity contribution in [3.8, 4) is 0 Å². The maximum Gasteiger partial charge on any atom is 0.337 e. The van der Waals surface area contributed by atoms with Crippen molar-refractivity contribution in [2.75, 3.05) is 11.5 Å². The highest BCUT2D eigenvalue weighted by atomic mass is 79.9. The molecule has 1 unspecified atom stereocenters. The van der Waals surface area contributed by atoms with Crippen molar-refractivity contribution < 1.29 is 9.90 Å². The monoisotopic (exact) mass is 353 g/mol. The maximum absolute atomic E-state index is 11.3. The van der Waals surface area contributed by atoms with Crippen molar-refractivity contribution in [1.29, 1.82) is 0 Å². The number of nitrogens with one attached hydrogen (secondary N) is 1. The van der Waals surface area contributed by atoms with E-state index in [1.165, 1.54) is 29.9 Å². The Morgan fingerprint density at radius 1 is 1.50 bits per heavy atom. The van der Waals surface area contributed by atoms with Gasteiger partial charge in [0.15, 0.2) is 0 Å². The summed E-state index contributed by atoms with van der Waals surface area (Å²) < 4.78 is 0.821. The normalized spacial score (nSPS) is 19.4. The largest absolute Gasteiger partial charge is 0.478 e. The first-order valence-corrected chi connectivity index (χ1v) is 8.70. The Labute approximate surface area is 130 Å². The number of hydrogen-bond donors (Lipinski definition) is 2. The van der Waals surface area contributed by atoms with Crippen LogP contribution in [0.2, 0.25) is 0 Å². The molecule has 1 saturated heterocycles. The molecule has 3 nitrogen and oxygen atoms in total. The number of hydrogen-bond acceptors (Lipinski definition) is 2. The van der Waals surface area contributed by atoms with E-state index >= 15 is 0 Å². The third kappa shape index (κ3) is 2.74. The third-order valence-electron chi connectivity index (χ3n) is 3.83. The number of aromatic amines is 1. The van der Waals surface area contributed by atoms with E-state index in [1.54, 1.807) is 6.07 Å². The molecule has 0 bridgehead atoms. The van der Waals surface area contributed by atoms with Gasteiger partial charge in [0, 0.05) is 16.1 Å². The average Bonchev–Trinajstić information content (AvgIpc) is 2.82. The van der Waals surface area contributed by atoms with E-state index in [9.17, 15) is 9.90 Å². The summed E-state index contributed by atoms with van der Waals surface area (Å²) >= 11 is 5.44. The van der Waals surface area contributed by atoms with Crippen LogP contribution in [0.15, 0.2) is 22.8 Å². The van der Waals surface area contributed by atoms with Gasteiger partial charge in [0.2, 0.25) is 0 Å². The van der Waals surface area contributed by atoms with Crippen LogP contribution in [0.3, 0.4) is 0 Å². The van der Waals surface area contributed by atoms with Gasteiger partial charge in [-0.05, 0) is 54.4 Å². The first kappa shape index (κ1) is 14.0. The second-order valence-corrected chi connectivity index (χ2v) is 7.35. The van der Waals surface area contributed by atoms with Crippen LogP contribution < -0.4 is 0 Å². The van der Waals surface area contributed by atoms with E-state index in [0.717, 1.165) is 21.8 Å². The van der Waals surface area contributed by atoms with E-state index in [1.807, 2.05) is 24.0 Å². The highest BCUT2D eigenvalue weighted by molar-refractivity contribution is 9.10. The molecule has 1 atom stereocenters. The molecular weight excluding hydrogens is 338 g/mol. The SMILES string of the molecule is O=C(O)c1cc(Br)cc2c(CC3CCCSC3)c[nH]c12. The molecule has 2 N–H and O–H groups in total. The van der Waals surface area contributed by atoms with Crippen LogP contribution in [0.1, 0.15) is 28.8 Å². The number of aromatic nitrogens is 1. The van der Waals surface area contributed by atoms with E-state index < -0.39 is 5.97 Å². The molecule has 1 aliphatic rings. The minimum absolute atomic E-state index is 0.332. The number of rotatable bonds is 3. The van der Waals surface area contributed by atoms with Gasteiger partial charge in [-0.2, -0.15) is 11.8 Å². The van der Waals surface area contributed by atoms with Crippen LogP contribution in [0.25, 0.3) is 10.9 Å². The van der Waals surface area contributed by atoms with Crippen LogP contribution in [-0.2, 0) is 6.42 Å². The number of carboxylic acid groups (broad SMARTS) is 1. The lowest BCUT2D eigenvalue weighted by Gasteiger charge is -2.20. The van der Waals surface area contributed by atoms with Gasteiger partial charge in [-0.3, -0.25) is 0 Å². The van der Waals surface area contributed by atoms with Crippen molar-refractivity contribution in [1.82, 2.24) is 4.98 Å². The van der Waals surface area contributed by atoms with Crippen molar-refractivity contribution in [3.05, 3.63) is 33.9 Å². The van der Waals surface area contributed by atoms with Crippen LogP contribution in [-0.4, -0.2) is 27.6 Å². The molecule has 1 fully saturated rings. The lowest BCUT2D eigenvalue weighted by atomic mass is 9.95. The van der Waals surface area contributed by atoms with E-state index in [2.05, 4.69) is 20.9 Å². The van der Waals surface area contributed by atoms with Gasteiger partial charge in [0.05, 0.1) is 11.1 Å². The Bertz CT molecular complexity index is 647. The summed E-state index contributed by atoms with van der Waals surface area (Å²) in [5, 5.41) is 10.3. The molecule has 20 heavy (non-hydrogen) atoms. The standard InChI is InChI=1S/C15H16BrNO2S/c16-11-5-12-10(4-9-2-1-3-20-8-9)7-17-14(12)13(6-11)15(18)19/h5-7,9,17H,1-4,8H2,(H,18,19). The number of H-pyrrole nitrogens is 1. The number of carbonyl (C=O) groups is 1. The maximum atomic E-state index is 11.3. The molecular formula is C15H16BrNO2S. The van der Waals surface area contributed by atoms with E-state index in [4.69, 9.17) is 0 Å². The molecule has 5 heteroatoms. The molecule has 0 aliphatic carbocycles. The number of aromatic carboxylic acids is 1. The summed E-state index contributed by atoms with van der Waals surface area (Å²) in [6.45, 7) is 0. The Morgan fingerprint density at radius 2 is 2.35 bits per heavy atom. The minimum atomic E-state index is -0.891. The predicted molar refractivity (Wildman–Crippen MR) is 86.7 cm³/mol. The van der Waals surface area contributed by atoms with Crippen molar-refractivity contribution in [2.45, 2.75) is 19.3 Å². The van der Waals surface area contributed by atoms with Crippen molar-refractivity contribution in [2.24, 2.45) is 5.92 Å². The molecule has 1 aromatic carbocycles. The van der Waals surface area contributed by atoms with E-state index in [0.29, 0.717) is 11.5 Å². The first-order valence-electron chi connectivity index (χ1n) is 6.75. The lowest BCUT2D eigenvalue weighted by molar-refractivity contribution is 0.0699. The Morgan fingerprint density at radius 3 is 3.05 bits per heavy atom. The van der Waals surface area contributed by atoms with Gasteiger partial charge in [0.25, 0.3) is 0 Å².